The molecule has 2 rings (SSSR count). The van der Waals surface area contributed by atoms with Crippen LogP contribution in [0.15, 0.2) is 18.2 Å². The van der Waals surface area contributed by atoms with Crippen LogP contribution in [0.2, 0.25) is 0 Å². The number of hydrogen-bond donors (Lipinski definition) is 3. The molecule has 84 valence electrons. The van der Waals surface area contributed by atoms with Crippen molar-refractivity contribution in [3.63, 3.8) is 0 Å². The van der Waals surface area contributed by atoms with E-state index in [4.69, 9.17) is 5.11 Å². The second kappa shape index (κ2) is 4.18. The molecule has 0 bridgehead atoms. The predicted octanol–water partition coefficient (Wildman–Crippen LogP) is 1.51. The number of nitrogens with one attached hydrogen (secondary N) is 2. The van der Waals surface area contributed by atoms with E-state index in [1.54, 1.807) is 6.07 Å². The number of benzene rings is 1. The fourth-order valence-corrected chi connectivity index (χ4v) is 1.44. The summed E-state index contributed by atoms with van der Waals surface area (Å²) in [6, 6.07) is 4.28. The van der Waals surface area contributed by atoms with Crippen molar-refractivity contribution in [3.8, 4) is 0 Å². The van der Waals surface area contributed by atoms with Crippen molar-refractivity contribution in [1.29, 1.82) is 0 Å². The third kappa shape index (κ3) is 2.28. The van der Waals surface area contributed by atoms with Gasteiger partial charge in [0, 0.05) is 19.0 Å². The quantitative estimate of drug-likeness (QED) is 0.738. The molecular formula is C10H10FN3O2. The highest BCUT2D eigenvalue weighted by molar-refractivity contribution is 5.74. The molecular weight excluding hydrogens is 213 g/mol. The van der Waals surface area contributed by atoms with E-state index in [0.29, 0.717) is 17.8 Å². The summed E-state index contributed by atoms with van der Waals surface area (Å²) >= 11 is 0. The van der Waals surface area contributed by atoms with Gasteiger partial charge >= 0.3 is 6.09 Å². The van der Waals surface area contributed by atoms with Gasteiger partial charge < -0.3 is 15.4 Å². The fourth-order valence-electron chi connectivity index (χ4n) is 1.44. The molecule has 1 aromatic heterocycles. The third-order valence-corrected chi connectivity index (χ3v) is 2.13. The maximum atomic E-state index is 12.9. The molecule has 0 spiro atoms. The molecule has 1 heterocycles. The summed E-state index contributed by atoms with van der Waals surface area (Å²) in [7, 11) is 0. The molecule has 2 aromatic rings. The minimum atomic E-state index is -1.07. The van der Waals surface area contributed by atoms with Gasteiger partial charge in [-0.05, 0) is 12.1 Å². The molecule has 0 aliphatic heterocycles. The van der Waals surface area contributed by atoms with Gasteiger partial charge in [0.25, 0.3) is 0 Å². The standard InChI is InChI=1S/C10H10FN3O2/c11-6-1-2-7-8(5-6)14-9(13-7)3-4-12-10(15)16/h1-2,5,12H,3-4H2,(H,13,14)(H,15,16). The first-order chi connectivity index (χ1) is 7.65. The highest BCUT2D eigenvalue weighted by atomic mass is 19.1. The summed E-state index contributed by atoms with van der Waals surface area (Å²) < 4.78 is 12.9. The minimum absolute atomic E-state index is 0.275. The van der Waals surface area contributed by atoms with Gasteiger partial charge in [0.1, 0.15) is 11.6 Å². The van der Waals surface area contributed by atoms with E-state index in [-0.39, 0.29) is 12.4 Å². The third-order valence-electron chi connectivity index (χ3n) is 2.13. The Morgan fingerprint density at radius 1 is 1.56 bits per heavy atom. The number of hydrogen-bond acceptors (Lipinski definition) is 2. The van der Waals surface area contributed by atoms with E-state index < -0.39 is 6.09 Å². The second-order valence-corrected chi connectivity index (χ2v) is 3.33. The Morgan fingerprint density at radius 2 is 2.38 bits per heavy atom. The molecule has 6 heteroatoms. The molecule has 0 aliphatic rings. The number of fused-ring (bicyclic) bond motifs is 1. The van der Waals surface area contributed by atoms with Crippen LogP contribution in [0.25, 0.3) is 11.0 Å². The molecule has 0 unspecified atom stereocenters. The first-order valence-electron chi connectivity index (χ1n) is 4.76. The van der Waals surface area contributed by atoms with Gasteiger partial charge in [-0.3, -0.25) is 0 Å². The Labute approximate surface area is 90.3 Å². The zero-order valence-electron chi connectivity index (χ0n) is 8.33. The lowest BCUT2D eigenvalue weighted by molar-refractivity contribution is 0.194. The van der Waals surface area contributed by atoms with E-state index in [2.05, 4.69) is 15.3 Å². The minimum Gasteiger partial charge on any atom is -0.465 e. The van der Waals surface area contributed by atoms with Crippen molar-refractivity contribution >= 4 is 17.1 Å². The summed E-state index contributed by atoms with van der Waals surface area (Å²) in [4.78, 5) is 17.3. The van der Waals surface area contributed by atoms with Gasteiger partial charge in [0.05, 0.1) is 11.0 Å². The molecule has 0 fully saturated rings. The van der Waals surface area contributed by atoms with Crippen molar-refractivity contribution in [2.75, 3.05) is 6.54 Å². The van der Waals surface area contributed by atoms with Crippen molar-refractivity contribution in [2.45, 2.75) is 6.42 Å². The summed E-state index contributed by atoms with van der Waals surface area (Å²) in [5.74, 6) is 0.295. The lowest BCUT2D eigenvalue weighted by Gasteiger charge is -1.96. The summed E-state index contributed by atoms with van der Waals surface area (Å²) in [6.45, 7) is 0.275. The van der Waals surface area contributed by atoms with Crippen LogP contribution in [-0.4, -0.2) is 27.7 Å². The molecule has 0 aliphatic carbocycles. The Balaban J connectivity index is 2.10. The Morgan fingerprint density at radius 3 is 3.12 bits per heavy atom. The van der Waals surface area contributed by atoms with E-state index in [9.17, 15) is 9.18 Å². The van der Waals surface area contributed by atoms with E-state index in [1.807, 2.05) is 0 Å². The molecule has 1 aromatic carbocycles. The average Bonchev–Trinajstić information content (AvgIpc) is 2.58. The summed E-state index contributed by atoms with van der Waals surface area (Å²) in [6.07, 6.45) is -0.620. The maximum Gasteiger partial charge on any atom is 0.404 e. The monoisotopic (exact) mass is 223 g/mol. The molecule has 0 saturated heterocycles. The molecule has 0 atom stereocenters. The number of aromatic amines is 1. The van der Waals surface area contributed by atoms with Gasteiger partial charge in [0.2, 0.25) is 0 Å². The summed E-state index contributed by atoms with van der Waals surface area (Å²) in [5.41, 5.74) is 1.29. The molecule has 3 N–H and O–H groups in total. The first kappa shape index (κ1) is 10.4. The van der Waals surface area contributed by atoms with Gasteiger partial charge in [-0.25, -0.2) is 14.2 Å². The lowest BCUT2D eigenvalue weighted by atomic mass is 10.3. The van der Waals surface area contributed by atoms with E-state index in [1.165, 1.54) is 12.1 Å². The number of H-pyrrole nitrogens is 1. The number of aromatic nitrogens is 2. The molecule has 5 nitrogen and oxygen atoms in total. The van der Waals surface area contributed by atoms with E-state index in [0.717, 1.165) is 5.52 Å². The van der Waals surface area contributed by atoms with Crippen molar-refractivity contribution in [1.82, 2.24) is 15.3 Å². The average molecular weight is 223 g/mol. The smallest absolute Gasteiger partial charge is 0.404 e. The zero-order chi connectivity index (χ0) is 11.5. The van der Waals surface area contributed by atoms with Gasteiger partial charge in [-0.1, -0.05) is 0 Å². The Hall–Kier alpha value is -2.11. The van der Waals surface area contributed by atoms with Crippen LogP contribution in [0.5, 0.6) is 0 Å². The van der Waals surface area contributed by atoms with Gasteiger partial charge in [0.15, 0.2) is 0 Å². The number of nitrogens with zero attached hydrogens (tertiary/aromatic N) is 1. The van der Waals surface area contributed by atoms with Crippen LogP contribution in [0.3, 0.4) is 0 Å². The highest BCUT2D eigenvalue weighted by Gasteiger charge is 2.04. The van der Waals surface area contributed by atoms with Crippen LogP contribution in [0.4, 0.5) is 9.18 Å². The Bertz CT molecular complexity index is 524. The van der Waals surface area contributed by atoms with Gasteiger partial charge in [-0.2, -0.15) is 0 Å². The highest BCUT2D eigenvalue weighted by Crippen LogP contribution is 2.12. The normalized spacial score (nSPS) is 10.6. The number of carbonyl (C=O) groups is 1. The van der Waals surface area contributed by atoms with Crippen molar-refractivity contribution < 1.29 is 14.3 Å². The van der Waals surface area contributed by atoms with Crippen molar-refractivity contribution in [3.05, 3.63) is 29.8 Å². The number of halogens is 1. The van der Waals surface area contributed by atoms with E-state index >= 15 is 0 Å². The van der Waals surface area contributed by atoms with Gasteiger partial charge in [-0.15, -0.1) is 0 Å². The number of rotatable bonds is 3. The topological polar surface area (TPSA) is 78.0 Å². The SMILES string of the molecule is O=C(O)NCCc1nc2cc(F)ccc2[nH]1. The first-order valence-corrected chi connectivity index (χ1v) is 4.76. The lowest BCUT2D eigenvalue weighted by Crippen LogP contribution is -2.23. The molecule has 0 radical (unpaired) electrons. The number of amides is 1. The van der Waals surface area contributed by atoms with Crippen LogP contribution in [0, 0.1) is 5.82 Å². The predicted molar refractivity (Wildman–Crippen MR) is 55.8 cm³/mol. The fraction of sp³-hybridized carbons (Fsp3) is 0.200. The van der Waals surface area contributed by atoms with Crippen molar-refractivity contribution in [2.24, 2.45) is 0 Å². The molecule has 0 saturated carbocycles. The molecule has 1 amide bonds. The summed E-state index contributed by atoms with van der Waals surface area (Å²) in [5, 5.41) is 10.6. The molecule has 16 heavy (non-hydrogen) atoms. The number of imidazole rings is 1. The number of carboxylic acid groups (broad SMARTS) is 1. The van der Waals surface area contributed by atoms with Crippen LogP contribution < -0.4 is 5.32 Å². The second-order valence-electron chi connectivity index (χ2n) is 3.33. The largest absolute Gasteiger partial charge is 0.465 e. The van der Waals surface area contributed by atoms with Crippen LogP contribution in [0.1, 0.15) is 5.82 Å². The zero-order valence-corrected chi connectivity index (χ0v) is 8.33. The van der Waals surface area contributed by atoms with Crippen LogP contribution in [-0.2, 0) is 6.42 Å². The Kier molecular flexibility index (Phi) is 2.72. The maximum absolute atomic E-state index is 12.9. The van der Waals surface area contributed by atoms with Crippen LogP contribution >= 0.6 is 0 Å².